The molecule has 0 fully saturated rings. The van der Waals surface area contributed by atoms with Crippen LogP contribution >= 0.6 is 11.6 Å². The second kappa shape index (κ2) is 4.62. The highest BCUT2D eigenvalue weighted by Crippen LogP contribution is 2.41. The van der Waals surface area contributed by atoms with Crippen molar-refractivity contribution in [2.24, 2.45) is 0 Å². The summed E-state index contributed by atoms with van der Waals surface area (Å²) >= 11 is 5.40. The van der Waals surface area contributed by atoms with Crippen LogP contribution in [-0.4, -0.2) is 22.2 Å². The summed E-state index contributed by atoms with van der Waals surface area (Å²) in [5, 5.41) is 8.53. The van der Waals surface area contributed by atoms with E-state index in [-0.39, 0.29) is 5.69 Å². The standard InChI is InChI=1S/C12H13ClN2O4/c1-12(2)6-7-4-3-5-8(9(7)19-12)15(10(13)16)14-11(17)18/h3-5,14H,6H2,1-2H3,(H,17,18). The molecular weight excluding hydrogens is 272 g/mol. The predicted molar refractivity (Wildman–Crippen MR) is 69.7 cm³/mol. The number of anilines is 1. The van der Waals surface area contributed by atoms with Crippen molar-refractivity contribution in [1.82, 2.24) is 5.43 Å². The van der Waals surface area contributed by atoms with E-state index in [2.05, 4.69) is 0 Å². The highest BCUT2D eigenvalue weighted by Gasteiger charge is 2.34. The molecule has 0 radical (unpaired) electrons. The summed E-state index contributed by atoms with van der Waals surface area (Å²) in [4.78, 5) is 22.1. The van der Waals surface area contributed by atoms with E-state index < -0.39 is 17.1 Å². The summed E-state index contributed by atoms with van der Waals surface area (Å²) in [5.41, 5.74) is 2.72. The molecule has 0 unspecified atom stereocenters. The normalized spacial score (nSPS) is 15.3. The third-order valence-electron chi connectivity index (χ3n) is 2.69. The predicted octanol–water partition coefficient (Wildman–Crippen LogP) is 2.75. The van der Waals surface area contributed by atoms with Gasteiger partial charge >= 0.3 is 11.5 Å². The van der Waals surface area contributed by atoms with E-state index in [1.807, 2.05) is 25.3 Å². The van der Waals surface area contributed by atoms with E-state index >= 15 is 0 Å². The van der Waals surface area contributed by atoms with E-state index in [1.54, 1.807) is 12.1 Å². The van der Waals surface area contributed by atoms with Crippen molar-refractivity contribution in [1.29, 1.82) is 0 Å². The summed E-state index contributed by atoms with van der Waals surface area (Å²) in [6.07, 6.45) is -0.711. The van der Waals surface area contributed by atoms with Crippen LogP contribution in [0.1, 0.15) is 19.4 Å². The number of hydrogen-bond donors (Lipinski definition) is 2. The first-order valence-electron chi connectivity index (χ1n) is 5.60. The number of benzene rings is 1. The lowest BCUT2D eigenvalue weighted by molar-refractivity contribution is 0.139. The number of halogens is 1. The van der Waals surface area contributed by atoms with Crippen molar-refractivity contribution in [3.8, 4) is 5.75 Å². The highest BCUT2D eigenvalue weighted by atomic mass is 35.5. The van der Waals surface area contributed by atoms with Gasteiger partial charge in [-0.15, -0.1) is 0 Å². The first-order valence-corrected chi connectivity index (χ1v) is 5.98. The molecule has 1 aromatic carbocycles. The first kappa shape index (κ1) is 13.5. The molecule has 7 heteroatoms. The van der Waals surface area contributed by atoms with Crippen LogP contribution in [0.5, 0.6) is 5.75 Å². The molecule has 0 saturated carbocycles. The van der Waals surface area contributed by atoms with Gasteiger partial charge in [0.15, 0.2) is 0 Å². The van der Waals surface area contributed by atoms with Crippen LogP contribution in [0, 0.1) is 0 Å². The zero-order valence-electron chi connectivity index (χ0n) is 10.4. The Hall–Kier alpha value is -1.95. The van der Waals surface area contributed by atoms with Gasteiger partial charge in [-0.1, -0.05) is 12.1 Å². The van der Waals surface area contributed by atoms with E-state index in [9.17, 15) is 9.59 Å². The van der Waals surface area contributed by atoms with E-state index in [0.717, 1.165) is 10.6 Å². The Morgan fingerprint density at radius 1 is 1.47 bits per heavy atom. The van der Waals surface area contributed by atoms with Crippen LogP contribution in [0.25, 0.3) is 0 Å². The highest BCUT2D eigenvalue weighted by molar-refractivity contribution is 6.66. The van der Waals surface area contributed by atoms with E-state index in [0.29, 0.717) is 12.2 Å². The maximum absolute atomic E-state index is 11.4. The zero-order valence-corrected chi connectivity index (χ0v) is 11.2. The fourth-order valence-corrected chi connectivity index (χ4v) is 2.20. The van der Waals surface area contributed by atoms with Crippen molar-refractivity contribution in [2.45, 2.75) is 25.9 Å². The quantitative estimate of drug-likeness (QED) is 0.472. The Bertz CT molecular complexity index is 545. The molecule has 0 aliphatic carbocycles. The molecule has 2 amide bonds. The number of ether oxygens (including phenoxy) is 1. The molecule has 2 rings (SSSR count). The SMILES string of the molecule is CC1(C)Cc2cccc(N(NC(=O)O)C(=O)Cl)c2O1. The molecule has 102 valence electrons. The molecule has 0 bridgehead atoms. The summed E-state index contributed by atoms with van der Waals surface area (Å²) in [6, 6.07) is 5.15. The number of carbonyl (C=O) groups is 2. The number of carboxylic acid groups (broad SMARTS) is 1. The molecule has 1 heterocycles. The molecule has 0 spiro atoms. The minimum atomic E-state index is -1.39. The number of rotatable bonds is 1. The number of nitrogens with one attached hydrogen (secondary N) is 1. The second-order valence-electron chi connectivity index (χ2n) is 4.81. The van der Waals surface area contributed by atoms with Gasteiger partial charge < -0.3 is 9.84 Å². The summed E-state index contributed by atoms with van der Waals surface area (Å²) in [6.45, 7) is 3.82. The molecule has 0 atom stereocenters. The number of para-hydroxylation sites is 1. The average molecular weight is 285 g/mol. The first-order chi connectivity index (χ1) is 8.80. The van der Waals surface area contributed by atoms with Gasteiger partial charge in [-0.25, -0.2) is 15.2 Å². The maximum Gasteiger partial charge on any atom is 0.424 e. The smallest absolute Gasteiger partial charge is 0.424 e. The van der Waals surface area contributed by atoms with Gasteiger partial charge in [-0.3, -0.25) is 4.79 Å². The van der Waals surface area contributed by atoms with Gasteiger partial charge in [-0.05, 0) is 31.5 Å². The van der Waals surface area contributed by atoms with E-state index in [4.69, 9.17) is 21.4 Å². The van der Waals surface area contributed by atoms with Crippen LogP contribution < -0.4 is 15.2 Å². The largest absolute Gasteiger partial charge is 0.485 e. The lowest BCUT2D eigenvalue weighted by Crippen LogP contribution is -2.43. The van der Waals surface area contributed by atoms with Gasteiger partial charge in [0.2, 0.25) is 0 Å². The van der Waals surface area contributed by atoms with E-state index in [1.165, 1.54) is 0 Å². The molecule has 1 aromatic rings. The third-order valence-corrected chi connectivity index (χ3v) is 2.86. The fraction of sp³-hybridized carbons (Fsp3) is 0.333. The number of carbonyl (C=O) groups excluding carboxylic acids is 1. The molecular formula is C12H13ClN2O4. The summed E-state index contributed by atoms with van der Waals surface area (Å²) < 4.78 is 5.75. The van der Waals surface area contributed by atoms with Crippen molar-refractivity contribution in [3.63, 3.8) is 0 Å². The molecule has 1 aliphatic heterocycles. The number of amides is 2. The number of hydrazine groups is 1. The van der Waals surface area contributed by atoms with Crippen LogP contribution in [0.2, 0.25) is 0 Å². The molecule has 0 aromatic heterocycles. The monoisotopic (exact) mass is 284 g/mol. The minimum absolute atomic E-state index is 0.283. The topological polar surface area (TPSA) is 78.9 Å². The van der Waals surface area contributed by atoms with Gasteiger partial charge in [-0.2, -0.15) is 0 Å². The van der Waals surface area contributed by atoms with Gasteiger partial charge in [0, 0.05) is 12.0 Å². The van der Waals surface area contributed by atoms with Crippen molar-refractivity contribution >= 4 is 28.7 Å². The second-order valence-corrected chi connectivity index (χ2v) is 5.13. The van der Waals surface area contributed by atoms with Crippen molar-refractivity contribution in [3.05, 3.63) is 23.8 Å². The van der Waals surface area contributed by atoms with Gasteiger partial charge in [0.25, 0.3) is 0 Å². The minimum Gasteiger partial charge on any atom is -0.485 e. The van der Waals surface area contributed by atoms with Crippen molar-refractivity contribution in [2.75, 3.05) is 5.01 Å². The van der Waals surface area contributed by atoms with Gasteiger partial charge in [0.1, 0.15) is 17.0 Å². The third kappa shape index (κ3) is 2.73. The molecule has 0 saturated heterocycles. The number of hydrogen-bond acceptors (Lipinski definition) is 3. The van der Waals surface area contributed by atoms with Crippen LogP contribution in [0.3, 0.4) is 0 Å². The Morgan fingerprint density at radius 3 is 2.74 bits per heavy atom. The lowest BCUT2D eigenvalue weighted by Gasteiger charge is -2.23. The summed E-state index contributed by atoms with van der Waals surface area (Å²) in [7, 11) is 0. The summed E-state index contributed by atoms with van der Waals surface area (Å²) in [5.74, 6) is 0.468. The molecule has 6 nitrogen and oxygen atoms in total. The Balaban J connectivity index is 2.43. The van der Waals surface area contributed by atoms with Crippen molar-refractivity contribution < 1.29 is 19.4 Å². The zero-order chi connectivity index (χ0) is 14.2. The Labute approximate surface area is 114 Å². The number of fused-ring (bicyclic) bond motifs is 1. The lowest BCUT2D eigenvalue weighted by atomic mass is 10.0. The van der Waals surface area contributed by atoms with Crippen LogP contribution in [0.4, 0.5) is 15.3 Å². The van der Waals surface area contributed by atoms with Gasteiger partial charge in [0.05, 0.1) is 0 Å². The molecule has 1 aliphatic rings. The Kier molecular flexibility index (Phi) is 3.28. The molecule has 19 heavy (non-hydrogen) atoms. The van der Waals surface area contributed by atoms with Crippen LogP contribution in [0.15, 0.2) is 18.2 Å². The average Bonchev–Trinajstić information content (AvgIpc) is 2.59. The maximum atomic E-state index is 11.4. The Morgan fingerprint density at radius 2 is 2.16 bits per heavy atom. The number of nitrogens with zero attached hydrogens (tertiary/aromatic N) is 1. The fourth-order valence-electron chi connectivity index (χ4n) is 2.07. The van der Waals surface area contributed by atoms with Crippen LogP contribution in [-0.2, 0) is 6.42 Å². The molecule has 2 N–H and O–H groups in total.